The smallest absolute Gasteiger partial charge is 0.231 e. The average molecular weight is 310 g/mol. The molecule has 0 N–H and O–H groups in total. The van der Waals surface area contributed by atoms with Gasteiger partial charge in [0.05, 0.1) is 11.4 Å². The van der Waals surface area contributed by atoms with Crippen molar-refractivity contribution in [1.29, 1.82) is 5.26 Å². The van der Waals surface area contributed by atoms with E-state index < -0.39 is 0 Å². The van der Waals surface area contributed by atoms with Crippen molar-refractivity contribution in [1.82, 2.24) is 15.0 Å². The molecule has 3 heterocycles. The summed E-state index contributed by atoms with van der Waals surface area (Å²) in [5.74, 6) is 1.39. The molecular weight excluding hydrogens is 300 g/mol. The summed E-state index contributed by atoms with van der Waals surface area (Å²) < 4.78 is 12.4. The molecule has 4 rings (SSSR count). The maximum Gasteiger partial charge on any atom is 0.231 e. The van der Waals surface area contributed by atoms with Gasteiger partial charge < -0.3 is 9.47 Å². The van der Waals surface area contributed by atoms with Gasteiger partial charge in [-0.05, 0) is 23.6 Å². The third kappa shape index (κ3) is 2.10. The molecule has 0 unspecified atom stereocenters. The number of rotatable bonds is 3. The van der Waals surface area contributed by atoms with Crippen LogP contribution in [0.4, 0.5) is 0 Å². The van der Waals surface area contributed by atoms with E-state index in [-0.39, 0.29) is 6.79 Å². The van der Waals surface area contributed by atoms with Crippen LogP contribution in [0.3, 0.4) is 0 Å². The number of aromatic nitrogens is 3. The van der Waals surface area contributed by atoms with E-state index >= 15 is 0 Å². The predicted molar refractivity (Wildman–Crippen MR) is 79.3 cm³/mol. The second kappa shape index (κ2) is 5.16. The number of fused-ring (bicyclic) bond motifs is 1. The first-order chi connectivity index (χ1) is 10.8. The molecule has 0 spiro atoms. The summed E-state index contributed by atoms with van der Waals surface area (Å²) in [6.07, 6.45) is 0.613. The quantitative estimate of drug-likeness (QED) is 0.743. The molecule has 0 fully saturated rings. The van der Waals surface area contributed by atoms with Crippen LogP contribution in [0.5, 0.6) is 11.5 Å². The first-order valence-corrected chi connectivity index (χ1v) is 7.50. The molecule has 1 aliphatic rings. The van der Waals surface area contributed by atoms with Crippen molar-refractivity contribution in [3.05, 3.63) is 52.0 Å². The SMILES string of the molecule is N#Cc1nnn(-c2ccc3c(c2)OCO3)c1Cc1cccs1. The van der Waals surface area contributed by atoms with Crippen molar-refractivity contribution in [3.8, 4) is 23.3 Å². The minimum Gasteiger partial charge on any atom is -0.454 e. The zero-order chi connectivity index (χ0) is 14.9. The van der Waals surface area contributed by atoms with Crippen molar-refractivity contribution < 1.29 is 9.47 Å². The van der Waals surface area contributed by atoms with Crippen molar-refractivity contribution in [3.63, 3.8) is 0 Å². The van der Waals surface area contributed by atoms with Crippen molar-refractivity contribution in [2.75, 3.05) is 6.79 Å². The highest BCUT2D eigenvalue weighted by molar-refractivity contribution is 7.09. The standard InChI is InChI=1S/C15H10N4O2S/c16-8-12-13(7-11-2-1-5-22-11)19(18-17-12)10-3-4-14-15(6-10)21-9-20-14/h1-6H,7,9H2. The molecular formula is C15H10N4O2S. The normalized spacial score (nSPS) is 12.3. The van der Waals surface area contributed by atoms with Crippen LogP contribution in [0, 0.1) is 11.3 Å². The fourth-order valence-electron chi connectivity index (χ4n) is 2.35. The van der Waals surface area contributed by atoms with Gasteiger partial charge in [-0.3, -0.25) is 0 Å². The number of hydrogen-bond donors (Lipinski definition) is 0. The summed E-state index contributed by atoms with van der Waals surface area (Å²) in [5.41, 5.74) is 1.90. The van der Waals surface area contributed by atoms with Crippen molar-refractivity contribution in [2.45, 2.75) is 6.42 Å². The summed E-state index contributed by atoms with van der Waals surface area (Å²) in [6, 6.07) is 11.7. The molecule has 0 atom stereocenters. The second-order valence-corrected chi connectivity index (χ2v) is 5.73. The molecule has 3 aromatic rings. The van der Waals surface area contributed by atoms with Crippen LogP contribution in [0.25, 0.3) is 5.69 Å². The van der Waals surface area contributed by atoms with Crippen LogP contribution >= 0.6 is 11.3 Å². The Bertz CT molecular complexity index is 864. The number of nitrogens with zero attached hydrogens (tertiary/aromatic N) is 4. The second-order valence-electron chi connectivity index (χ2n) is 4.70. The molecule has 0 radical (unpaired) electrons. The van der Waals surface area contributed by atoms with E-state index in [2.05, 4.69) is 16.4 Å². The molecule has 0 aliphatic carbocycles. The van der Waals surface area contributed by atoms with Crippen LogP contribution in [-0.2, 0) is 6.42 Å². The first-order valence-electron chi connectivity index (χ1n) is 6.62. The molecule has 22 heavy (non-hydrogen) atoms. The lowest BCUT2D eigenvalue weighted by Crippen LogP contribution is -2.03. The molecule has 1 aliphatic heterocycles. The number of hydrogen-bond acceptors (Lipinski definition) is 6. The first kappa shape index (κ1) is 12.9. The maximum atomic E-state index is 9.26. The van der Waals surface area contributed by atoms with Gasteiger partial charge in [0.25, 0.3) is 0 Å². The Morgan fingerprint density at radius 1 is 1.27 bits per heavy atom. The van der Waals surface area contributed by atoms with Gasteiger partial charge in [0.2, 0.25) is 6.79 Å². The highest BCUT2D eigenvalue weighted by Crippen LogP contribution is 2.34. The van der Waals surface area contributed by atoms with Gasteiger partial charge in [0, 0.05) is 17.4 Å². The number of ether oxygens (including phenoxy) is 2. The topological polar surface area (TPSA) is 73.0 Å². The van der Waals surface area contributed by atoms with Crippen LogP contribution in [0.1, 0.15) is 16.3 Å². The maximum absolute atomic E-state index is 9.26. The third-order valence-corrected chi connectivity index (χ3v) is 4.27. The highest BCUT2D eigenvalue weighted by atomic mass is 32.1. The molecule has 0 amide bonds. The molecule has 2 aromatic heterocycles. The van der Waals surface area contributed by atoms with Crippen molar-refractivity contribution in [2.24, 2.45) is 0 Å². The zero-order valence-corrected chi connectivity index (χ0v) is 12.2. The molecule has 0 saturated heterocycles. The fraction of sp³-hybridized carbons (Fsp3) is 0.133. The molecule has 6 nitrogen and oxygen atoms in total. The van der Waals surface area contributed by atoms with E-state index in [9.17, 15) is 5.26 Å². The Morgan fingerprint density at radius 3 is 3.00 bits per heavy atom. The lowest BCUT2D eigenvalue weighted by atomic mass is 10.2. The Balaban J connectivity index is 1.78. The van der Waals surface area contributed by atoms with E-state index in [4.69, 9.17) is 9.47 Å². The van der Waals surface area contributed by atoms with E-state index in [1.807, 2.05) is 35.7 Å². The summed E-state index contributed by atoms with van der Waals surface area (Å²) in [4.78, 5) is 1.15. The monoisotopic (exact) mass is 310 g/mol. The van der Waals surface area contributed by atoms with E-state index in [0.29, 0.717) is 23.6 Å². The van der Waals surface area contributed by atoms with Crippen LogP contribution < -0.4 is 9.47 Å². The van der Waals surface area contributed by atoms with Crippen LogP contribution in [0.15, 0.2) is 35.7 Å². The lowest BCUT2D eigenvalue weighted by Gasteiger charge is -2.06. The minimum absolute atomic E-state index is 0.224. The Labute approximate surface area is 130 Å². The Hall–Kier alpha value is -2.85. The number of thiophene rings is 1. The van der Waals surface area contributed by atoms with Gasteiger partial charge in [0.15, 0.2) is 17.2 Å². The van der Waals surface area contributed by atoms with Gasteiger partial charge in [-0.15, -0.1) is 16.4 Å². The number of benzene rings is 1. The van der Waals surface area contributed by atoms with Gasteiger partial charge in [0.1, 0.15) is 6.07 Å². The van der Waals surface area contributed by atoms with Gasteiger partial charge in [-0.25, -0.2) is 4.68 Å². The van der Waals surface area contributed by atoms with Gasteiger partial charge in [-0.2, -0.15) is 5.26 Å². The van der Waals surface area contributed by atoms with E-state index in [0.717, 1.165) is 16.3 Å². The minimum atomic E-state index is 0.224. The molecule has 7 heteroatoms. The summed E-state index contributed by atoms with van der Waals surface area (Å²) in [7, 11) is 0. The Kier molecular flexibility index (Phi) is 3.02. The average Bonchev–Trinajstić information content (AvgIpc) is 3.27. The highest BCUT2D eigenvalue weighted by Gasteiger charge is 2.18. The summed E-state index contributed by atoms with van der Waals surface area (Å²) in [5, 5.41) is 19.4. The molecule has 0 bridgehead atoms. The molecule has 0 saturated carbocycles. The zero-order valence-electron chi connectivity index (χ0n) is 11.4. The Morgan fingerprint density at radius 2 is 2.18 bits per heavy atom. The number of nitriles is 1. The largest absolute Gasteiger partial charge is 0.454 e. The molecule has 1 aromatic carbocycles. The van der Waals surface area contributed by atoms with Gasteiger partial charge >= 0.3 is 0 Å². The summed E-state index contributed by atoms with van der Waals surface area (Å²) >= 11 is 1.64. The van der Waals surface area contributed by atoms with Crippen LogP contribution in [-0.4, -0.2) is 21.8 Å². The lowest BCUT2D eigenvalue weighted by molar-refractivity contribution is 0.174. The molecule has 108 valence electrons. The summed E-state index contributed by atoms with van der Waals surface area (Å²) in [6.45, 7) is 0.224. The van der Waals surface area contributed by atoms with Crippen LogP contribution in [0.2, 0.25) is 0 Å². The van der Waals surface area contributed by atoms with E-state index in [1.54, 1.807) is 16.0 Å². The third-order valence-electron chi connectivity index (χ3n) is 3.39. The fourth-order valence-corrected chi connectivity index (χ4v) is 3.06. The predicted octanol–water partition coefficient (Wildman–Crippen LogP) is 2.52. The van der Waals surface area contributed by atoms with E-state index in [1.165, 1.54) is 0 Å². The van der Waals surface area contributed by atoms with Gasteiger partial charge in [-0.1, -0.05) is 11.3 Å². The van der Waals surface area contributed by atoms with Crippen molar-refractivity contribution >= 4 is 11.3 Å².